The van der Waals surface area contributed by atoms with Crippen LogP contribution < -0.4 is 5.32 Å². The lowest BCUT2D eigenvalue weighted by Crippen LogP contribution is -2.43. The van der Waals surface area contributed by atoms with Crippen LogP contribution in [-0.2, 0) is 4.74 Å². The molecule has 110 valence electrons. The Morgan fingerprint density at radius 3 is 2.55 bits per heavy atom. The zero-order valence-electron chi connectivity index (χ0n) is 12.1. The Kier molecular flexibility index (Phi) is 4.60. The fourth-order valence-corrected chi connectivity index (χ4v) is 2.81. The van der Waals surface area contributed by atoms with E-state index in [1.807, 2.05) is 0 Å². The monoisotopic (exact) mass is 278 g/mol. The SMILES string of the molecule is CCC1(CC)CC(Nc2ccc([N+](=O)[O-])cc2)CCO1. The second kappa shape index (κ2) is 6.22. The summed E-state index contributed by atoms with van der Waals surface area (Å²) in [5.74, 6) is 0. The molecule has 1 atom stereocenters. The van der Waals surface area contributed by atoms with Gasteiger partial charge in [0.2, 0.25) is 0 Å². The Balaban J connectivity index is 2.00. The summed E-state index contributed by atoms with van der Waals surface area (Å²) in [5, 5.41) is 14.1. The minimum absolute atomic E-state index is 0.0172. The van der Waals surface area contributed by atoms with Crippen molar-refractivity contribution in [1.82, 2.24) is 0 Å². The first-order valence-electron chi connectivity index (χ1n) is 7.23. The van der Waals surface area contributed by atoms with E-state index >= 15 is 0 Å². The summed E-state index contributed by atoms with van der Waals surface area (Å²) >= 11 is 0. The molecule has 0 spiro atoms. The van der Waals surface area contributed by atoms with Crippen molar-refractivity contribution in [2.75, 3.05) is 11.9 Å². The number of non-ortho nitro benzene ring substituents is 1. The standard InChI is InChI=1S/C15H22N2O3/c1-3-15(4-2)11-13(9-10-20-15)16-12-5-7-14(8-6-12)17(18)19/h5-8,13,16H,3-4,9-11H2,1-2H3. The molecule has 0 aliphatic carbocycles. The predicted octanol–water partition coefficient (Wildman–Crippen LogP) is 3.74. The number of hydrogen-bond donors (Lipinski definition) is 1. The third kappa shape index (κ3) is 3.28. The molecule has 5 heteroatoms. The van der Waals surface area contributed by atoms with Gasteiger partial charge in [0, 0.05) is 30.5 Å². The zero-order chi connectivity index (χ0) is 14.6. The molecule has 1 unspecified atom stereocenters. The number of benzene rings is 1. The number of ether oxygens (including phenoxy) is 1. The van der Waals surface area contributed by atoms with Gasteiger partial charge in [0.15, 0.2) is 0 Å². The van der Waals surface area contributed by atoms with E-state index in [9.17, 15) is 10.1 Å². The minimum Gasteiger partial charge on any atom is -0.382 e. The highest BCUT2D eigenvalue weighted by molar-refractivity contribution is 5.49. The van der Waals surface area contributed by atoms with Gasteiger partial charge in [-0.2, -0.15) is 0 Å². The second-order valence-corrected chi connectivity index (χ2v) is 5.38. The maximum absolute atomic E-state index is 10.6. The van der Waals surface area contributed by atoms with Crippen LogP contribution in [0.25, 0.3) is 0 Å². The summed E-state index contributed by atoms with van der Waals surface area (Å²) in [5.41, 5.74) is 1.04. The molecule has 0 aromatic heterocycles. The third-order valence-corrected chi connectivity index (χ3v) is 4.23. The van der Waals surface area contributed by atoms with E-state index < -0.39 is 0 Å². The highest BCUT2D eigenvalue weighted by Crippen LogP contribution is 2.32. The summed E-state index contributed by atoms with van der Waals surface area (Å²) in [6.07, 6.45) is 3.99. The van der Waals surface area contributed by atoms with Crippen molar-refractivity contribution in [3.05, 3.63) is 34.4 Å². The number of nitrogens with zero attached hydrogens (tertiary/aromatic N) is 1. The van der Waals surface area contributed by atoms with Gasteiger partial charge in [-0.15, -0.1) is 0 Å². The van der Waals surface area contributed by atoms with Crippen LogP contribution in [0.3, 0.4) is 0 Å². The first-order valence-corrected chi connectivity index (χ1v) is 7.23. The van der Waals surface area contributed by atoms with Crippen LogP contribution in [-0.4, -0.2) is 23.2 Å². The molecule has 0 saturated carbocycles. The van der Waals surface area contributed by atoms with Crippen molar-refractivity contribution in [3.63, 3.8) is 0 Å². The maximum atomic E-state index is 10.6. The molecule has 1 aromatic rings. The number of nitrogens with one attached hydrogen (secondary N) is 1. The van der Waals surface area contributed by atoms with Crippen LogP contribution in [0.5, 0.6) is 0 Å². The lowest BCUT2D eigenvalue weighted by Gasteiger charge is -2.40. The molecule has 1 N–H and O–H groups in total. The van der Waals surface area contributed by atoms with Crippen molar-refractivity contribution in [3.8, 4) is 0 Å². The van der Waals surface area contributed by atoms with Gasteiger partial charge < -0.3 is 10.1 Å². The van der Waals surface area contributed by atoms with E-state index in [2.05, 4.69) is 19.2 Å². The molecule has 2 rings (SSSR count). The predicted molar refractivity (Wildman–Crippen MR) is 79.0 cm³/mol. The number of nitro benzene ring substituents is 1. The van der Waals surface area contributed by atoms with Crippen LogP contribution in [0, 0.1) is 10.1 Å². The summed E-state index contributed by atoms with van der Waals surface area (Å²) in [6.45, 7) is 5.10. The average molecular weight is 278 g/mol. The highest BCUT2D eigenvalue weighted by Gasteiger charge is 2.34. The van der Waals surface area contributed by atoms with Gasteiger partial charge >= 0.3 is 0 Å². The molecule has 0 amide bonds. The molecule has 5 nitrogen and oxygen atoms in total. The summed E-state index contributed by atoms with van der Waals surface area (Å²) in [6, 6.07) is 6.98. The number of anilines is 1. The molecule has 0 bridgehead atoms. The number of nitro groups is 1. The molecule has 0 radical (unpaired) electrons. The van der Waals surface area contributed by atoms with Gasteiger partial charge in [-0.1, -0.05) is 13.8 Å². The molecular weight excluding hydrogens is 256 g/mol. The van der Waals surface area contributed by atoms with Gasteiger partial charge in [0.05, 0.1) is 10.5 Å². The van der Waals surface area contributed by atoms with Gasteiger partial charge in [0.25, 0.3) is 5.69 Å². The fourth-order valence-electron chi connectivity index (χ4n) is 2.81. The highest BCUT2D eigenvalue weighted by atomic mass is 16.6. The average Bonchev–Trinajstić information content (AvgIpc) is 2.48. The topological polar surface area (TPSA) is 64.4 Å². The van der Waals surface area contributed by atoms with E-state index in [1.165, 1.54) is 12.1 Å². The van der Waals surface area contributed by atoms with Crippen LogP contribution in [0.2, 0.25) is 0 Å². The lowest BCUT2D eigenvalue weighted by atomic mass is 9.86. The maximum Gasteiger partial charge on any atom is 0.269 e. The Bertz CT molecular complexity index is 455. The minimum atomic E-state index is -0.378. The van der Waals surface area contributed by atoms with Crippen molar-refractivity contribution in [2.24, 2.45) is 0 Å². The molecule has 20 heavy (non-hydrogen) atoms. The summed E-state index contributed by atoms with van der Waals surface area (Å²) in [7, 11) is 0. The van der Waals surface area contributed by atoms with Crippen LogP contribution in [0.15, 0.2) is 24.3 Å². The molecule has 1 aliphatic rings. The molecule has 1 saturated heterocycles. The van der Waals surface area contributed by atoms with Crippen molar-refractivity contribution >= 4 is 11.4 Å². The lowest BCUT2D eigenvalue weighted by molar-refractivity contribution is -0.384. The van der Waals surface area contributed by atoms with Crippen LogP contribution >= 0.6 is 0 Å². The van der Waals surface area contributed by atoms with E-state index in [-0.39, 0.29) is 16.2 Å². The van der Waals surface area contributed by atoms with E-state index in [0.29, 0.717) is 6.04 Å². The molecule has 1 aromatic carbocycles. The second-order valence-electron chi connectivity index (χ2n) is 5.38. The molecule has 1 heterocycles. The van der Waals surface area contributed by atoms with Crippen molar-refractivity contribution in [1.29, 1.82) is 0 Å². The summed E-state index contributed by atoms with van der Waals surface area (Å²) < 4.78 is 5.95. The van der Waals surface area contributed by atoms with Gasteiger partial charge in [-0.3, -0.25) is 10.1 Å². The molecule has 1 fully saturated rings. The third-order valence-electron chi connectivity index (χ3n) is 4.23. The first kappa shape index (κ1) is 14.8. The largest absolute Gasteiger partial charge is 0.382 e. The zero-order valence-corrected chi connectivity index (χ0v) is 12.1. The number of rotatable bonds is 5. The van der Waals surface area contributed by atoms with E-state index in [1.54, 1.807) is 12.1 Å². The Morgan fingerprint density at radius 2 is 2.00 bits per heavy atom. The summed E-state index contributed by atoms with van der Waals surface area (Å²) in [4.78, 5) is 10.3. The van der Waals surface area contributed by atoms with E-state index in [4.69, 9.17) is 4.74 Å². The normalized spacial score (nSPS) is 21.4. The first-order chi connectivity index (χ1) is 9.58. The van der Waals surface area contributed by atoms with Gasteiger partial charge in [-0.25, -0.2) is 0 Å². The van der Waals surface area contributed by atoms with Crippen LogP contribution in [0.1, 0.15) is 39.5 Å². The van der Waals surface area contributed by atoms with Crippen LogP contribution in [0.4, 0.5) is 11.4 Å². The molecule has 1 aliphatic heterocycles. The number of hydrogen-bond acceptors (Lipinski definition) is 4. The quantitative estimate of drug-likeness (QED) is 0.658. The van der Waals surface area contributed by atoms with E-state index in [0.717, 1.165) is 38.0 Å². The smallest absolute Gasteiger partial charge is 0.269 e. The Labute approximate surface area is 119 Å². The van der Waals surface area contributed by atoms with Crippen molar-refractivity contribution < 1.29 is 9.66 Å². The van der Waals surface area contributed by atoms with Crippen molar-refractivity contribution in [2.45, 2.75) is 51.2 Å². The Morgan fingerprint density at radius 1 is 1.35 bits per heavy atom. The fraction of sp³-hybridized carbons (Fsp3) is 0.600. The Hall–Kier alpha value is -1.62. The van der Waals surface area contributed by atoms with Gasteiger partial charge in [-0.05, 0) is 37.8 Å². The molecular formula is C15H22N2O3. The van der Waals surface area contributed by atoms with Gasteiger partial charge in [0.1, 0.15) is 0 Å².